The van der Waals surface area contributed by atoms with Crippen LogP contribution < -0.4 is 5.32 Å². The van der Waals surface area contributed by atoms with Gasteiger partial charge < -0.3 is 10.1 Å². The molecule has 2 heteroatoms. The van der Waals surface area contributed by atoms with Gasteiger partial charge in [-0.1, -0.05) is 43.7 Å². The maximum atomic E-state index is 5.82. The highest BCUT2D eigenvalue weighted by Crippen LogP contribution is 2.24. The van der Waals surface area contributed by atoms with Crippen LogP contribution in [-0.2, 0) is 4.74 Å². The van der Waals surface area contributed by atoms with Gasteiger partial charge in [-0.15, -0.1) is 0 Å². The molecular formula is C17H27NO. The molecule has 0 saturated carbocycles. The fraction of sp³-hybridized carbons (Fsp3) is 0.647. The summed E-state index contributed by atoms with van der Waals surface area (Å²) in [6.45, 7) is 6.62. The number of ether oxygens (including phenoxy) is 1. The van der Waals surface area contributed by atoms with Crippen molar-refractivity contribution in [3.63, 3.8) is 0 Å². The van der Waals surface area contributed by atoms with Crippen molar-refractivity contribution in [2.45, 2.75) is 70.7 Å². The van der Waals surface area contributed by atoms with Gasteiger partial charge in [0, 0.05) is 12.1 Å². The molecule has 1 heterocycles. The minimum absolute atomic E-state index is 0.374. The van der Waals surface area contributed by atoms with Gasteiger partial charge in [-0.2, -0.15) is 0 Å². The first-order valence-electron chi connectivity index (χ1n) is 7.65. The Kier molecular flexibility index (Phi) is 5.41. The molecule has 0 amide bonds. The van der Waals surface area contributed by atoms with Crippen molar-refractivity contribution in [2.75, 3.05) is 0 Å². The third-order valence-corrected chi connectivity index (χ3v) is 3.91. The summed E-state index contributed by atoms with van der Waals surface area (Å²) in [5.74, 6) is 0. The molecule has 1 fully saturated rings. The standard InChI is InChI=1S/C17H27NO/c1-4-8-17(15-9-6-5-7-10-15)18-16-11-13(2)19-14(3)12-16/h5-7,9-10,13-14,16-18H,4,8,11-12H2,1-3H3. The van der Waals surface area contributed by atoms with Crippen molar-refractivity contribution in [2.24, 2.45) is 0 Å². The molecule has 0 spiro atoms. The van der Waals surface area contributed by atoms with E-state index in [0.29, 0.717) is 24.3 Å². The summed E-state index contributed by atoms with van der Waals surface area (Å²) in [7, 11) is 0. The van der Waals surface area contributed by atoms with E-state index in [9.17, 15) is 0 Å². The fourth-order valence-electron chi connectivity index (χ4n) is 3.15. The molecule has 3 unspecified atom stereocenters. The third-order valence-electron chi connectivity index (χ3n) is 3.91. The van der Waals surface area contributed by atoms with Gasteiger partial charge in [0.25, 0.3) is 0 Å². The predicted molar refractivity (Wildman–Crippen MR) is 80.3 cm³/mol. The second-order valence-corrected chi connectivity index (χ2v) is 5.84. The zero-order valence-electron chi connectivity index (χ0n) is 12.4. The van der Waals surface area contributed by atoms with Crippen LogP contribution in [0.3, 0.4) is 0 Å². The monoisotopic (exact) mass is 261 g/mol. The van der Waals surface area contributed by atoms with Gasteiger partial charge in [0.2, 0.25) is 0 Å². The lowest BCUT2D eigenvalue weighted by molar-refractivity contribution is -0.0437. The summed E-state index contributed by atoms with van der Waals surface area (Å²) >= 11 is 0. The summed E-state index contributed by atoms with van der Waals surface area (Å²) in [4.78, 5) is 0. The molecule has 0 aromatic heterocycles. The van der Waals surface area contributed by atoms with Crippen molar-refractivity contribution in [3.05, 3.63) is 35.9 Å². The first-order valence-corrected chi connectivity index (χ1v) is 7.65. The summed E-state index contributed by atoms with van der Waals surface area (Å²) < 4.78 is 5.82. The van der Waals surface area contributed by atoms with Crippen molar-refractivity contribution in [3.8, 4) is 0 Å². The summed E-state index contributed by atoms with van der Waals surface area (Å²) in [5.41, 5.74) is 1.41. The van der Waals surface area contributed by atoms with Crippen LogP contribution >= 0.6 is 0 Å². The van der Waals surface area contributed by atoms with Crippen LogP contribution in [-0.4, -0.2) is 18.2 Å². The third kappa shape index (κ3) is 4.32. The molecule has 0 radical (unpaired) electrons. The van der Waals surface area contributed by atoms with Crippen molar-refractivity contribution in [1.29, 1.82) is 0 Å². The van der Waals surface area contributed by atoms with Gasteiger partial charge in [-0.25, -0.2) is 0 Å². The number of nitrogens with one attached hydrogen (secondary N) is 1. The lowest BCUT2D eigenvalue weighted by Crippen LogP contribution is -2.42. The minimum Gasteiger partial charge on any atom is -0.375 e. The zero-order valence-corrected chi connectivity index (χ0v) is 12.4. The van der Waals surface area contributed by atoms with Crippen LogP contribution in [0.5, 0.6) is 0 Å². The number of hydrogen-bond acceptors (Lipinski definition) is 2. The maximum absolute atomic E-state index is 5.82. The summed E-state index contributed by atoms with van der Waals surface area (Å²) in [6.07, 6.45) is 5.40. The van der Waals surface area contributed by atoms with Gasteiger partial charge in [0.05, 0.1) is 12.2 Å². The van der Waals surface area contributed by atoms with Crippen LogP contribution in [0, 0.1) is 0 Å². The highest BCUT2D eigenvalue weighted by Gasteiger charge is 2.26. The SMILES string of the molecule is CCCC(NC1CC(C)OC(C)C1)c1ccccc1. The molecule has 1 aromatic carbocycles. The van der Waals surface area contributed by atoms with Crippen LogP contribution in [0.1, 0.15) is 58.1 Å². The molecule has 3 atom stereocenters. The van der Waals surface area contributed by atoms with Crippen LogP contribution in [0.4, 0.5) is 0 Å². The van der Waals surface area contributed by atoms with E-state index in [1.165, 1.54) is 18.4 Å². The molecule has 19 heavy (non-hydrogen) atoms. The van der Waals surface area contributed by atoms with Crippen molar-refractivity contribution >= 4 is 0 Å². The highest BCUT2D eigenvalue weighted by atomic mass is 16.5. The maximum Gasteiger partial charge on any atom is 0.0565 e. The van der Waals surface area contributed by atoms with E-state index < -0.39 is 0 Å². The van der Waals surface area contributed by atoms with Crippen molar-refractivity contribution < 1.29 is 4.74 Å². The molecule has 0 bridgehead atoms. The Morgan fingerprint density at radius 1 is 1.16 bits per heavy atom. The second-order valence-electron chi connectivity index (χ2n) is 5.84. The zero-order chi connectivity index (χ0) is 13.7. The normalized spacial score (nSPS) is 29.1. The Morgan fingerprint density at radius 3 is 2.37 bits per heavy atom. The first-order chi connectivity index (χ1) is 9.19. The smallest absolute Gasteiger partial charge is 0.0565 e. The van der Waals surface area contributed by atoms with E-state index in [-0.39, 0.29) is 0 Å². The average Bonchev–Trinajstić information content (AvgIpc) is 2.38. The molecule has 2 nitrogen and oxygen atoms in total. The largest absolute Gasteiger partial charge is 0.375 e. The van der Waals surface area contributed by atoms with Gasteiger partial charge in [-0.05, 0) is 38.7 Å². The van der Waals surface area contributed by atoms with Gasteiger partial charge in [0.15, 0.2) is 0 Å². The Balaban J connectivity index is 2.00. The number of hydrogen-bond donors (Lipinski definition) is 1. The van der Waals surface area contributed by atoms with E-state index >= 15 is 0 Å². The lowest BCUT2D eigenvalue weighted by Gasteiger charge is -2.35. The van der Waals surface area contributed by atoms with Crippen LogP contribution in [0.25, 0.3) is 0 Å². The number of rotatable bonds is 5. The van der Waals surface area contributed by atoms with Crippen molar-refractivity contribution in [1.82, 2.24) is 5.32 Å². The molecule has 2 rings (SSSR count). The molecule has 1 saturated heterocycles. The molecule has 1 N–H and O–H groups in total. The Labute approximate surface area is 117 Å². The number of benzene rings is 1. The Bertz CT molecular complexity index is 355. The molecule has 1 aromatic rings. The molecular weight excluding hydrogens is 234 g/mol. The van der Waals surface area contributed by atoms with E-state index in [0.717, 1.165) is 12.8 Å². The Morgan fingerprint density at radius 2 is 1.79 bits per heavy atom. The summed E-state index contributed by atoms with van der Waals surface area (Å²) in [5, 5.41) is 3.85. The van der Waals surface area contributed by atoms with E-state index in [4.69, 9.17) is 4.74 Å². The van der Waals surface area contributed by atoms with E-state index in [1.807, 2.05) is 0 Å². The molecule has 1 aliphatic heterocycles. The van der Waals surface area contributed by atoms with E-state index in [1.54, 1.807) is 0 Å². The Hall–Kier alpha value is -0.860. The molecule has 1 aliphatic rings. The highest BCUT2D eigenvalue weighted by molar-refractivity contribution is 5.19. The molecule has 106 valence electrons. The van der Waals surface area contributed by atoms with Crippen LogP contribution in [0.15, 0.2) is 30.3 Å². The lowest BCUT2D eigenvalue weighted by atomic mass is 9.95. The summed E-state index contributed by atoms with van der Waals surface area (Å²) in [6, 6.07) is 11.9. The molecule has 0 aliphatic carbocycles. The van der Waals surface area contributed by atoms with Gasteiger partial charge in [0.1, 0.15) is 0 Å². The average molecular weight is 261 g/mol. The first kappa shape index (κ1) is 14.5. The van der Waals surface area contributed by atoms with Gasteiger partial charge >= 0.3 is 0 Å². The van der Waals surface area contributed by atoms with Gasteiger partial charge in [-0.3, -0.25) is 0 Å². The topological polar surface area (TPSA) is 21.3 Å². The minimum atomic E-state index is 0.374. The second kappa shape index (κ2) is 7.06. The fourth-order valence-corrected chi connectivity index (χ4v) is 3.15. The van der Waals surface area contributed by atoms with Crippen LogP contribution in [0.2, 0.25) is 0 Å². The predicted octanol–water partition coefficient (Wildman–Crippen LogP) is 4.07. The van der Waals surface area contributed by atoms with E-state index in [2.05, 4.69) is 56.4 Å². The quantitative estimate of drug-likeness (QED) is 0.862.